The Kier molecular flexibility index (Phi) is 10.0. The van der Waals surface area contributed by atoms with E-state index in [0.29, 0.717) is 79.6 Å². The number of rotatable bonds is 11. The molecule has 3 saturated heterocycles. The fourth-order valence-corrected chi connectivity index (χ4v) is 12.6. The molecule has 6 amide bonds. The van der Waals surface area contributed by atoms with Gasteiger partial charge in [-0.3, -0.25) is 39.6 Å². The Hall–Kier alpha value is -5.87. The van der Waals surface area contributed by atoms with Gasteiger partial charge < -0.3 is 26.6 Å². The van der Waals surface area contributed by atoms with E-state index in [9.17, 15) is 43.4 Å². The van der Waals surface area contributed by atoms with E-state index in [4.69, 9.17) is 11.5 Å². The Labute approximate surface area is 346 Å². The first-order valence-corrected chi connectivity index (χ1v) is 20.5. The number of likely N-dealkylation sites (tertiary alicyclic amines) is 2. The Morgan fingerprint density at radius 2 is 1.03 bits per heavy atom. The summed E-state index contributed by atoms with van der Waals surface area (Å²) in [6.07, 6.45) is 0.0858. The zero-order chi connectivity index (χ0) is 42.9. The van der Waals surface area contributed by atoms with Crippen molar-refractivity contribution in [3.05, 3.63) is 101 Å². The fraction of sp³-hybridized carbons (Fsp3) is 0.455. The summed E-state index contributed by atoms with van der Waals surface area (Å²) in [5.41, 5.74) is 9.10. The minimum absolute atomic E-state index is 0.242. The van der Waals surface area contributed by atoms with E-state index in [1.165, 1.54) is 12.1 Å². The van der Waals surface area contributed by atoms with Crippen molar-refractivity contribution in [1.29, 1.82) is 0 Å². The Balaban J connectivity index is 1.26. The van der Waals surface area contributed by atoms with Crippen LogP contribution in [-0.2, 0) is 41.1 Å². The maximum absolute atomic E-state index is 14.7. The van der Waals surface area contributed by atoms with Gasteiger partial charge in [0.25, 0.3) is 11.8 Å². The van der Waals surface area contributed by atoms with Crippen LogP contribution in [0.15, 0.2) is 72.8 Å². The van der Waals surface area contributed by atoms with Crippen LogP contribution in [-0.4, -0.2) is 93.1 Å². The third-order valence-electron chi connectivity index (χ3n) is 14.5. The highest BCUT2D eigenvalue weighted by Crippen LogP contribution is 2.59. The molecule has 3 fully saturated rings. The first kappa shape index (κ1) is 40.9. The van der Waals surface area contributed by atoms with E-state index in [-0.39, 0.29) is 24.9 Å². The molecule has 0 saturated carbocycles. The molecule has 0 aromatic heterocycles. The summed E-state index contributed by atoms with van der Waals surface area (Å²) >= 11 is 0. The van der Waals surface area contributed by atoms with E-state index in [2.05, 4.69) is 25.3 Å². The summed E-state index contributed by atoms with van der Waals surface area (Å²) in [5.74, 6) is -3.33. The maximum Gasteiger partial charge on any atom is 0.411 e. The van der Waals surface area contributed by atoms with Crippen LogP contribution in [0.5, 0.6) is 0 Å². The molecule has 6 unspecified atom stereocenters. The average molecular weight is 824 g/mol. The topological polar surface area (TPSA) is 229 Å². The summed E-state index contributed by atoms with van der Waals surface area (Å²) in [4.78, 5) is 86.1. The summed E-state index contributed by atoms with van der Waals surface area (Å²) in [6, 6.07) is 19.1. The van der Waals surface area contributed by atoms with Crippen LogP contribution in [0.25, 0.3) is 0 Å². The number of nitrogens with zero attached hydrogens (tertiary/aromatic N) is 3. The van der Waals surface area contributed by atoms with Crippen molar-refractivity contribution in [2.75, 3.05) is 18.0 Å². The molecule has 60 heavy (non-hydrogen) atoms. The van der Waals surface area contributed by atoms with Gasteiger partial charge in [-0.25, -0.2) is 14.0 Å². The number of carbonyl (C=O) groups is 6. The molecular formula is C44H50FN7O8. The summed E-state index contributed by atoms with van der Waals surface area (Å²) in [6.45, 7) is 4.34. The molecule has 8 atom stereocenters. The molecule has 3 heterocycles. The number of imide groups is 2. The van der Waals surface area contributed by atoms with Gasteiger partial charge in [-0.05, 0) is 98.1 Å². The first-order chi connectivity index (χ1) is 28.5. The Morgan fingerprint density at radius 1 is 0.633 bits per heavy atom. The van der Waals surface area contributed by atoms with Crippen LogP contribution in [0.1, 0.15) is 87.5 Å². The number of fused-ring (bicyclic) bond motifs is 4. The molecule has 2 aliphatic carbocycles. The Morgan fingerprint density at radius 3 is 1.42 bits per heavy atom. The Bertz CT molecular complexity index is 2160. The second-order valence-electron chi connectivity index (χ2n) is 17.5. The third kappa shape index (κ3) is 5.81. The average Bonchev–Trinajstić information content (AvgIpc) is 3.99. The molecule has 316 valence electrons. The van der Waals surface area contributed by atoms with E-state index in [0.717, 1.165) is 0 Å². The zero-order valence-corrected chi connectivity index (χ0v) is 33.5. The van der Waals surface area contributed by atoms with Gasteiger partial charge in [-0.1, -0.05) is 62.4 Å². The fourth-order valence-electron chi connectivity index (χ4n) is 12.6. The number of primary amides is 2. The van der Waals surface area contributed by atoms with Gasteiger partial charge in [-0.2, -0.15) is 0 Å². The number of anilines is 1. The minimum Gasteiger partial charge on any atom is -0.465 e. The minimum atomic E-state index is -1.66. The molecule has 3 aliphatic heterocycles. The largest absolute Gasteiger partial charge is 0.465 e. The van der Waals surface area contributed by atoms with Crippen molar-refractivity contribution in [1.82, 2.24) is 20.4 Å². The highest BCUT2D eigenvalue weighted by Gasteiger charge is 2.68. The highest BCUT2D eigenvalue weighted by atomic mass is 19.1. The van der Waals surface area contributed by atoms with Gasteiger partial charge in [-0.15, -0.1) is 0 Å². The lowest BCUT2D eigenvalue weighted by Crippen LogP contribution is -2.69. The van der Waals surface area contributed by atoms with E-state index in [1.54, 1.807) is 50.2 Å². The monoisotopic (exact) mass is 823 g/mol. The van der Waals surface area contributed by atoms with Gasteiger partial charge in [0.15, 0.2) is 0 Å². The van der Waals surface area contributed by atoms with Crippen LogP contribution < -0.4 is 27.0 Å². The molecule has 4 bridgehead atoms. The first-order valence-electron chi connectivity index (χ1n) is 20.5. The van der Waals surface area contributed by atoms with Crippen molar-refractivity contribution in [3.8, 4) is 0 Å². The molecule has 8 rings (SSSR count). The summed E-state index contributed by atoms with van der Waals surface area (Å²) < 4.78 is 14.7. The maximum atomic E-state index is 14.7. The summed E-state index contributed by atoms with van der Waals surface area (Å²) in [7, 11) is 0. The van der Waals surface area contributed by atoms with Crippen LogP contribution >= 0.6 is 0 Å². The number of hydrogen-bond acceptors (Lipinski definition) is 9. The number of hydrogen-bond donors (Lipinski definition) is 6. The smallest absolute Gasteiger partial charge is 0.411 e. The molecule has 16 heteroatoms. The number of amides is 6. The van der Waals surface area contributed by atoms with Crippen molar-refractivity contribution in [2.45, 2.75) is 111 Å². The zero-order valence-electron chi connectivity index (χ0n) is 33.5. The molecule has 3 aromatic carbocycles. The van der Waals surface area contributed by atoms with Gasteiger partial charge in [0, 0.05) is 53.5 Å². The standard InChI is InChI=1S/C44H50FN7O8/c1-41(23-35(46)53)25-7-3-9-27(21-25)43(41,37(55)48-39(57)58)50-19-5-11-31(50)33-17-18-34(52(33)30-15-13-29(45)14-16-30)32-12-6-20-51(32)44(38(56)49-40(59)60)28-10-4-8-26(22-28)42(44,2)24-36(47)54/h3-4,7-10,13-16,21-22,31-34H,5-6,11-12,17-20,23-24H2,1-2H3,(H2,46,53)(H2,47,54)(H,48,55)(H,49,56)(H,57,58)(H,59,60)/t31?,32?,33?,34?,41?,42?,43-,44-/m1/s1. The lowest BCUT2D eigenvalue weighted by Gasteiger charge is -2.54. The van der Waals surface area contributed by atoms with Crippen molar-refractivity contribution in [2.24, 2.45) is 11.5 Å². The predicted molar refractivity (Wildman–Crippen MR) is 216 cm³/mol. The van der Waals surface area contributed by atoms with Gasteiger partial charge >= 0.3 is 12.2 Å². The molecule has 0 radical (unpaired) electrons. The molecular weight excluding hydrogens is 774 g/mol. The number of carboxylic acid groups (broad SMARTS) is 2. The van der Waals surface area contributed by atoms with Crippen LogP contribution in [0.4, 0.5) is 19.7 Å². The lowest BCUT2D eigenvalue weighted by atomic mass is 9.65. The number of halogens is 1. The van der Waals surface area contributed by atoms with Crippen LogP contribution in [0.2, 0.25) is 0 Å². The van der Waals surface area contributed by atoms with Crippen molar-refractivity contribution >= 4 is 41.5 Å². The van der Waals surface area contributed by atoms with E-state index < -0.39 is 75.6 Å². The normalized spacial score (nSPS) is 31.9. The van der Waals surface area contributed by atoms with E-state index in [1.807, 2.05) is 24.3 Å². The SMILES string of the molecule is CC1(CC(N)=O)c2cccc(c2)[C@]1(C(=O)NC(=O)O)N1CCCC1C1CCC(C2CCCN2[C@@]2(C(=O)NC(=O)O)c3cccc(c3)C2(C)CC(N)=O)N1c1ccc(F)cc1. The van der Waals surface area contributed by atoms with Crippen molar-refractivity contribution < 1.29 is 43.4 Å². The number of nitrogens with two attached hydrogens (primary N) is 2. The lowest BCUT2D eigenvalue weighted by molar-refractivity contribution is -0.143. The molecule has 15 nitrogen and oxygen atoms in total. The second-order valence-corrected chi connectivity index (χ2v) is 17.5. The van der Waals surface area contributed by atoms with Gasteiger partial charge in [0.2, 0.25) is 11.8 Å². The van der Waals surface area contributed by atoms with Crippen LogP contribution in [0, 0.1) is 5.82 Å². The third-order valence-corrected chi connectivity index (χ3v) is 14.5. The summed E-state index contributed by atoms with van der Waals surface area (Å²) in [5, 5.41) is 24.2. The predicted octanol–water partition coefficient (Wildman–Crippen LogP) is 3.76. The van der Waals surface area contributed by atoms with Crippen molar-refractivity contribution in [3.63, 3.8) is 0 Å². The van der Waals surface area contributed by atoms with Crippen LogP contribution in [0.3, 0.4) is 0 Å². The van der Waals surface area contributed by atoms with E-state index >= 15 is 0 Å². The highest BCUT2D eigenvalue weighted by molar-refractivity contribution is 6.01. The van der Waals surface area contributed by atoms with Gasteiger partial charge in [0.05, 0.1) is 0 Å². The number of nitrogens with one attached hydrogen (secondary N) is 2. The molecule has 3 aromatic rings. The van der Waals surface area contributed by atoms with Gasteiger partial charge in [0.1, 0.15) is 16.9 Å². The number of carbonyl (C=O) groups excluding carboxylic acids is 4. The quantitative estimate of drug-likeness (QED) is 0.163. The number of benzene rings is 3. The molecule has 5 aliphatic rings. The molecule has 0 spiro atoms. The second kappa shape index (κ2) is 14.7. The molecule has 8 N–H and O–H groups in total.